The number of likely N-dealkylation sites (N-methyl/N-ethyl adjacent to an activating group) is 1. The van der Waals surface area contributed by atoms with Crippen LogP contribution in [0.3, 0.4) is 0 Å². The van der Waals surface area contributed by atoms with Gasteiger partial charge in [-0.05, 0) is 5.57 Å². The Morgan fingerprint density at radius 2 is 2.00 bits per heavy atom. The fourth-order valence-electron chi connectivity index (χ4n) is 1.22. The van der Waals surface area contributed by atoms with Gasteiger partial charge < -0.3 is 21.5 Å². The molecule has 1 aliphatic heterocycles. The Kier molecular flexibility index (Phi) is 2.90. The highest BCUT2D eigenvalue weighted by molar-refractivity contribution is 4.97. The number of quaternary nitrogens is 1. The van der Waals surface area contributed by atoms with Crippen LogP contribution in [0.1, 0.15) is 6.42 Å². The topological polar surface area (TPSA) is 0 Å². The van der Waals surface area contributed by atoms with Gasteiger partial charge >= 0.3 is 0 Å². The summed E-state index contributed by atoms with van der Waals surface area (Å²) in [5, 5.41) is 0. The molecule has 1 nitrogen and oxygen atoms in total. The van der Waals surface area contributed by atoms with Crippen molar-refractivity contribution in [3.8, 4) is 0 Å². The second-order valence-corrected chi connectivity index (χ2v) is 3.32. The summed E-state index contributed by atoms with van der Waals surface area (Å²) in [6.07, 6.45) is 1.23. The van der Waals surface area contributed by atoms with Crippen LogP contribution < -0.4 is 17.0 Å². The Hall–Kier alpha value is 0.180. The maximum Gasteiger partial charge on any atom is 0.0998 e. The van der Waals surface area contributed by atoms with Gasteiger partial charge in [0.2, 0.25) is 0 Å². The largest absolute Gasteiger partial charge is 1.00 e. The molecule has 54 valence electrons. The zero-order valence-electron chi connectivity index (χ0n) is 6.15. The monoisotopic (exact) mass is 191 g/mol. The lowest BCUT2D eigenvalue weighted by Crippen LogP contribution is -3.00. The van der Waals surface area contributed by atoms with E-state index in [-0.39, 0.29) is 17.0 Å². The van der Waals surface area contributed by atoms with Gasteiger partial charge in [0.15, 0.2) is 0 Å². The molecule has 0 aromatic carbocycles. The fourth-order valence-corrected chi connectivity index (χ4v) is 1.22. The van der Waals surface area contributed by atoms with E-state index in [0.29, 0.717) is 0 Å². The number of halogens is 1. The van der Waals surface area contributed by atoms with E-state index >= 15 is 0 Å². The molecule has 1 rings (SSSR count). The molecule has 0 aromatic rings. The first-order valence-corrected chi connectivity index (χ1v) is 3.09. The summed E-state index contributed by atoms with van der Waals surface area (Å²) in [7, 11) is 4.50. The smallest absolute Gasteiger partial charge is 0.0998 e. The first-order valence-electron chi connectivity index (χ1n) is 3.09. The first kappa shape index (κ1) is 9.18. The van der Waals surface area contributed by atoms with Crippen LogP contribution in [0, 0.1) is 0 Å². The molecule has 0 N–H and O–H groups in total. The van der Waals surface area contributed by atoms with Crippen molar-refractivity contribution in [2.75, 3.05) is 27.2 Å². The Bertz CT molecular complexity index is 118. The molecule has 1 heterocycles. The van der Waals surface area contributed by atoms with E-state index in [1.165, 1.54) is 25.1 Å². The molecule has 1 saturated heterocycles. The van der Waals surface area contributed by atoms with Gasteiger partial charge in [-0.2, -0.15) is 0 Å². The van der Waals surface area contributed by atoms with Crippen molar-refractivity contribution in [3.05, 3.63) is 12.2 Å². The van der Waals surface area contributed by atoms with E-state index in [1.807, 2.05) is 0 Å². The maximum atomic E-state index is 3.93. The van der Waals surface area contributed by atoms with Crippen LogP contribution in [-0.4, -0.2) is 31.7 Å². The second-order valence-electron chi connectivity index (χ2n) is 3.32. The Morgan fingerprint density at radius 3 is 2.11 bits per heavy atom. The minimum atomic E-state index is 0. The van der Waals surface area contributed by atoms with E-state index in [9.17, 15) is 0 Å². The van der Waals surface area contributed by atoms with Crippen molar-refractivity contribution in [1.82, 2.24) is 0 Å². The van der Waals surface area contributed by atoms with Crippen LogP contribution in [0.15, 0.2) is 12.2 Å². The molecular formula is C7H14BrN. The normalized spacial score (nSPS) is 23.6. The van der Waals surface area contributed by atoms with Crippen LogP contribution in [0.25, 0.3) is 0 Å². The molecule has 0 unspecified atom stereocenters. The number of hydrogen-bond acceptors (Lipinski definition) is 0. The van der Waals surface area contributed by atoms with Crippen LogP contribution >= 0.6 is 0 Å². The van der Waals surface area contributed by atoms with Gasteiger partial charge in [-0.25, -0.2) is 0 Å². The van der Waals surface area contributed by atoms with Gasteiger partial charge in [0.05, 0.1) is 27.2 Å². The molecule has 0 aromatic heterocycles. The second kappa shape index (κ2) is 2.84. The third kappa shape index (κ3) is 2.50. The Labute approximate surface area is 67.7 Å². The molecule has 1 aliphatic rings. The first-order chi connectivity index (χ1) is 3.60. The fraction of sp³-hybridized carbons (Fsp3) is 0.714. The molecule has 0 spiro atoms. The van der Waals surface area contributed by atoms with Crippen molar-refractivity contribution >= 4 is 0 Å². The average molecular weight is 192 g/mol. The van der Waals surface area contributed by atoms with Gasteiger partial charge in [0, 0.05) is 6.42 Å². The van der Waals surface area contributed by atoms with Gasteiger partial charge in [0.1, 0.15) is 0 Å². The van der Waals surface area contributed by atoms with Crippen molar-refractivity contribution < 1.29 is 21.5 Å². The van der Waals surface area contributed by atoms with Gasteiger partial charge in [0.25, 0.3) is 0 Å². The molecule has 0 saturated carbocycles. The van der Waals surface area contributed by atoms with E-state index in [4.69, 9.17) is 0 Å². The van der Waals surface area contributed by atoms with Crippen molar-refractivity contribution in [1.29, 1.82) is 0 Å². The molecule has 0 aliphatic carbocycles. The maximum absolute atomic E-state index is 3.93. The lowest BCUT2D eigenvalue weighted by molar-refractivity contribution is -0.875. The third-order valence-electron chi connectivity index (χ3n) is 1.72. The molecule has 9 heavy (non-hydrogen) atoms. The number of likely N-dealkylation sites (tertiary alicyclic amines) is 1. The summed E-state index contributed by atoms with van der Waals surface area (Å²) < 4.78 is 1.14. The summed E-state index contributed by atoms with van der Waals surface area (Å²) in [5.74, 6) is 0. The van der Waals surface area contributed by atoms with E-state index in [0.717, 1.165) is 4.48 Å². The predicted molar refractivity (Wildman–Crippen MR) is 35.6 cm³/mol. The highest BCUT2D eigenvalue weighted by Crippen LogP contribution is 2.16. The van der Waals surface area contributed by atoms with E-state index in [2.05, 4.69) is 20.7 Å². The molecule has 2 heteroatoms. The number of hydrogen-bond donors (Lipinski definition) is 0. The van der Waals surface area contributed by atoms with Gasteiger partial charge in [-0.15, -0.1) is 0 Å². The summed E-state index contributed by atoms with van der Waals surface area (Å²) >= 11 is 0. The minimum absolute atomic E-state index is 0. The molecule has 0 radical (unpaired) electrons. The molecule has 0 amide bonds. The zero-order valence-corrected chi connectivity index (χ0v) is 7.74. The standard InChI is InChI=1S/C7H14N.BrH/c1-7-4-5-8(2,3)6-7;/h1,4-6H2,2-3H3;1H/q+1;/p-1. The van der Waals surface area contributed by atoms with Crippen LogP contribution in [0.5, 0.6) is 0 Å². The summed E-state index contributed by atoms with van der Waals surface area (Å²) in [4.78, 5) is 0. The summed E-state index contributed by atoms with van der Waals surface area (Å²) in [6, 6.07) is 0. The SMILES string of the molecule is C=C1CC[N+](C)(C)C1.[Br-]. The molecular weight excluding hydrogens is 178 g/mol. The van der Waals surface area contributed by atoms with Crippen LogP contribution in [-0.2, 0) is 0 Å². The van der Waals surface area contributed by atoms with E-state index in [1.54, 1.807) is 0 Å². The molecule has 0 bridgehead atoms. The van der Waals surface area contributed by atoms with Crippen molar-refractivity contribution in [2.24, 2.45) is 0 Å². The molecule has 0 atom stereocenters. The number of rotatable bonds is 0. The molecule has 1 fully saturated rings. The van der Waals surface area contributed by atoms with Gasteiger partial charge in [-0.3, -0.25) is 0 Å². The third-order valence-corrected chi connectivity index (χ3v) is 1.72. The Balaban J connectivity index is 0.000000640. The lowest BCUT2D eigenvalue weighted by atomic mass is 10.3. The lowest BCUT2D eigenvalue weighted by Gasteiger charge is -2.21. The quantitative estimate of drug-likeness (QED) is 0.308. The Morgan fingerprint density at radius 1 is 1.44 bits per heavy atom. The highest BCUT2D eigenvalue weighted by atomic mass is 79.9. The predicted octanol–water partition coefficient (Wildman–Crippen LogP) is -1.97. The number of nitrogens with zero attached hydrogens (tertiary/aromatic N) is 1. The summed E-state index contributed by atoms with van der Waals surface area (Å²) in [6.45, 7) is 6.39. The zero-order chi connectivity index (χ0) is 6.20. The van der Waals surface area contributed by atoms with Crippen LogP contribution in [0.2, 0.25) is 0 Å². The van der Waals surface area contributed by atoms with E-state index < -0.39 is 0 Å². The average Bonchev–Trinajstić information content (AvgIpc) is 1.82. The van der Waals surface area contributed by atoms with Gasteiger partial charge in [-0.1, -0.05) is 6.58 Å². The highest BCUT2D eigenvalue weighted by Gasteiger charge is 2.23. The van der Waals surface area contributed by atoms with Crippen molar-refractivity contribution in [2.45, 2.75) is 6.42 Å². The van der Waals surface area contributed by atoms with Crippen LogP contribution in [0.4, 0.5) is 0 Å². The van der Waals surface area contributed by atoms with Crippen molar-refractivity contribution in [3.63, 3.8) is 0 Å². The summed E-state index contributed by atoms with van der Waals surface area (Å²) in [5.41, 5.74) is 1.41. The minimum Gasteiger partial charge on any atom is -1.00 e.